The van der Waals surface area contributed by atoms with Crippen LogP contribution in [0.15, 0.2) is 89.9 Å². The lowest BCUT2D eigenvalue weighted by Crippen LogP contribution is -1.82. The van der Waals surface area contributed by atoms with E-state index in [0.29, 0.717) is 10.2 Å². The molecular weight excluding hydrogens is 360 g/mol. The van der Waals surface area contributed by atoms with Crippen LogP contribution in [0.2, 0.25) is 5.02 Å². The van der Waals surface area contributed by atoms with E-state index in [4.69, 9.17) is 16.6 Å². The first-order valence-electron chi connectivity index (χ1n) is 8.21. The van der Waals surface area contributed by atoms with E-state index in [1.807, 2.05) is 60.7 Å². The summed E-state index contributed by atoms with van der Waals surface area (Å²) in [5.41, 5.74) is 4.06. The van der Waals surface area contributed by atoms with Crippen molar-refractivity contribution >= 4 is 34.3 Å². The van der Waals surface area contributed by atoms with Crippen molar-refractivity contribution in [3.8, 4) is 21.7 Å². The van der Waals surface area contributed by atoms with Crippen LogP contribution < -0.4 is 0 Å². The number of nitrogens with zero attached hydrogens (tertiary/aromatic N) is 2. The topological polar surface area (TPSA) is 25.2 Å². The third-order valence-corrected chi connectivity index (χ3v) is 5.28. The van der Waals surface area contributed by atoms with E-state index in [1.165, 1.54) is 0 Å². The minimum Gasteiger partial charge on any atom is -0.227 e. The number of halogens is 1. The van der Waals surface area contributed by atoms with Gasteiger partial charge < -0.3 is 0 Å². The Morgan fingerprint density at radius 3 is 2.08 bits per heavy atom. The van der Waals surface area contributed by atoms with Gasteiger partial charge in [0, 0.05) is 22.4 Å². The molecule has 4 rings (SSSR count). The Hall–Kier alpha value is -2.75. The minimum absolute atomic E-state index is 0.680. The first kappa shape index (κ1) is 16.7. The monoisotopic (exact) mass is 374 g/mol. The first-order chi connectivity index (χ1) is 12.8. The molecule has 0 atom stereocenters. The number of hydrogen-bond donors (Lipinski definition) is 0. The number of rotatable bonds is 4. The van der Waals surface area contributed by atoms with Crippen LogP contribution >= 0.6 is 22.9 Å². The third kappa shape index (κ3) is 3.59. The van der Waals surface area contributed by atoms with Gasteiger partial charge in [0.2, 0.25) is 5.13 Å². The van der Waals surface area contributed by atoms with Crippen LogP contribution in [0.1, 0.15) is 5.56 Å². The van der Waals surface area contributed by atoms with Crippen molar-refractivity contribution < 1.29 is 0 Å². The summed E-state index contributed by atoms with van der Waals surface area (Å²) in [7, 11) is 0. The summed E-state index contributed by atoms with van der Waals surface area (Å²) in [5.74, 6) is 0. The lowest BCUT2D eigenvalue weighted by Gasteiger charge is -2.02. The highest BCUT2D eigenvalue weighted by Gasteiger charge is 2.14. The second-order valence-corrected chi connectivity index (χ2v) is 7.07. The maximum Gasteiger partial charge on any atom is 0.210 e. The Bertz CT molecular complexity index is 983. The molecule has 0 saturated heterocycles. The SMILES string of the molecule is Clc1ccccc1C=Nc1nc(-c2ccccc2)c(-c2ccccc2)s1. The zero-order valence-corrected chi connectivity index (χ0v) is 15.4. The first-order valence-corrected chi connectivity index (χ1v) is 9.41. The number of aromatic nitrogens is 1. The Morgan fingerprint density at radius 2 is 1.38 bits per heavy atom. The molecule has 2 nitrogen and oxygen atoms in total. The summed E-state index contributed by atoms with van der Waals surface area (Å²) in [4.78, 5) is 10.5. The van der Waals surface area contributed by atoms with E-state index in [1.54, 1.807) is 17.6 Å². The van der Waals surface area contributed by atoms with E-state index < -0.39 is 0 Å². The van der Waals surface area contributed by atoms with Crippen LogP contribution in [0, 0.1) is 0 Å². The molecule has 3 aromatic carbocycles. The Labute approximate surface area is 161 Å². The van der Waals surface area contributed by atoms with Gasteiger partial charge in [-0.05, 0) is 11.6 Å². The molecule has 126 valence electrons. The fourth-order valence-electron chi connectivity index (χ4n) is 2.65. The zero-order chi connectivity index (χ0) is 17.8. The normalized spacial score (nSPS) is 11.1. The quantitative estimate of drug-likeness (QED) is 0.357. The zero-order valence-electron chi connectivity index (χ0n) is 13.8. The van der Waals surface area contributed by atoms with Crippen molar-refractivity contribution in [2.75, 3.05) is 0 Å². The molecule has 26 heavy (non-hydrogen) atoms. The molecule has 0 N–H and O–H groups in total. The van der Waals surface area contributed by atoms with E-state index in [2.05, 4.69) is 29.3 Å². The maximum absolute atomic E-state index is 6.21. The molecular formula is C22H15ClN2S. The second-order valence-electron chi connectivity index (χ2n) is 5.69. The van der Waals surface area contributed by atoms with Crippen LogP contribution in [0.5, 0.6) is 0 Å². The van der Waals surface area contributed by atoms with Crippen LogP contribution in [-0.4, -0.2) is 11.2 Å². The van der Waals surface area contributed by atoms with Gasteiger partial charge in [0.1, 0.15) is 0 Å². The van der Waals surface area contributed by atoms with Crippen LogP contribution in [0.4, 0.5) is 5.13 Å². The van der Waals surface area contributed by atoms with E-state index in [0.717, 1.165) is 27.3 Å². The standard InChI is InChI=1S/C22H15ClN2S/c23-19-14-8-7-13-18(19)15-24-22-25-20(16-9-3-1-4-10-16)21(26-22)17-11-5-2-6-12-17/h1-15H. The predicted octanol–water partition coefficient (Wildman–Crippen LogP) is 6.88. The van der Waals surface area contributed by atoms with Crippen molar-refractivity contribution in [1.82, 2.24) is 4.98 Å². The van der Waals surface area contributed by atoms with Gasteiger partial charge in [0.25, 0.3) is 0 Å². The van der Waals surface area contributed by atoms with Gasteiger partial charge in [0.15, 0.2) is 0 Å². The van der Waals surface area contributed by atoms with Crippen molar-refractivity contribution in [1.29, 1.82) is 0 Å². The number of benzene rings is 3. The molecule has 4 heteroatoms. The summed E-state index contributed by atoms with van der Waals surface area (Å²) in [6.45, 7) is 0. The highest BCUT2D eigenvalue weighted by Crippen LogP contribution is 2.39. The average molecular weight is 375 g/mol. The van der Waals surface area contributed by atoms with Gasteiger partial charge in [-0.25, -0.2) is 9.98 Å². The van der Waals surface area contributed by atoms with Crippen LogP contribution in [0.25, 0.3) is 21.7 Å². The number of aliphatic imine (C=N–C) groups is 1. The molecule has 0 unspecified atom stereocenters. The third-order valence-electron chi connectivity index (χ3n) is 3.92. The Kier molecular flexibility index (Phi) is 4.91. The molecule has 0 radical (unpaired) electrons. The fraction of sp³-hybridized carbons (Fsp3) is 0. The summed E-state index contributed by atoms with van der Waals surface area (Å²) in [5, 5.41) is 1.39. The molecule has 1 heterocycles. The molecule has 1 aromatic heterocycles. The molecule has 0 aliphatic carbocycles. The maximum atomic E-state index is 6.21. The highest BCUT2D eigenvalue weighted by atomic mass is 35.5. The summed E-state index contributed by atoms with van der Waals surface area (Å²) < 4.78 is 0. The van der Waals surface area contributed by atoms with Crippen LogP contribution in [-0.2, 0) is 0 Å². The molecule has 0 bridgehead atoms. The van der Waals surface area contributed by atoms with Crippen molar-refractivity contribution in [2.24, 2.45) is 4.99 Å². The van der Waals surface area contributed by atoms with Gasteiger partial charge in [-0.2, -0.15) is 0 Å². The minimum atomic E-state index is 0.680. The molecule has 0 fully saturated rings. The van der Waals surface area contributed by atoms with E-state index in [9.17, 15) is 0 Å². The lowest BCUT2D eigenvalue weighted by molar-refractivity contribution is 1.36. The van der Waals surface area contributed by atoms with Crippen molar-refractivity contribution in [3.05, 3.63) is 95.5 Å². The van der Waals surface area contributed by atoms with E-state index >= 15 is 0 Å². The van der Waals surface area contributed by atoms with Gasteiger partial charge in [-0.3, -0.25) is 0 Å². The van der Waals surface area contributed by atoms with Crippen molar-refractivity contribution in [3.63, 3.8) is 0 Å². The molecule has 4 aromatic rings. The van der Waals surface area contributed by atoms with Gasteiger partial charge in [0.05, 0.1) is 10.6 Å². The van der Waals surface area contributed by atoms with Gasteiger partial charge in [-0.15, -0.1) is 0 Å². The largest absolute Gasteiger partial charge is 0.227 e. The number of hydrogen-bond acceptors (Lipinski definition) is 3. The molecule has 0 amide bonds. The second kappa shape index (κ2) is 7.65. The molecule has 0 aliphatic heterocycles. The Morgan fingerprint density at radius 1 is 0.769 bits per heavy atom. The smallest absolute Gasteiger partial charge is 0.210 e. The summed E-state index contributed by atoms with van der Waals surface area (Å²) in [6.07, 6.45) is 1.77. The van der Waals surface area contributed by atoms with Crippen molar-refractivity contribution in [2.45, 2.75) is 0 Å². The average Bonchev–Trinajstić information content (AvgIpc) is 3.13. The Balaban J connectivity index is 1.78. The predicted molar refractivity (Wildman–Crippen MR) is 112 cm³/mol. The van der Waals surface area contributed by atoms with Crippen LogP contribution in [0.3, 0.4) is 0 Å². The summed E-state index contributed by atoms with van der Waals surface area (Å²) >= 11 is 7.79. The lowest BCUT2D eigenvalue weighted by atomic mass is 10.1. The molecule has 0 aliphatic rings. The van der Waals surface area contributed by atoms with Gasteiger partial charge in [-0.1, -0.05) is 102 Å². The van der Waals surface area contributed by atoms with Gasteiger partial charge >= 0.3 is 0 Å². The molecule has 0 spiro atoms. The fourth-order valence-corrected chi connectivity index (χ4v) is 3.77. The molecule has 0 saturated carbocycles. The summed E-state index contributed by atoms with van der Waals surface area (Å²) in [6, 6.07) is 28.1. The van der Waals surface area contributed by atoms with E-state index in [-0.39, 0.29) is 0 Å². The highest BCUT2D eigenvalue weighted by molar-refractivity contribution is 7.19. The number of thiazole rings is 1.